The van der Waals surface area contributed by atoms with Gasteiger partial charge in [-0.25, -0.2) is 0 Å². The van der Waals surface area contributed by atoms with Gasteiger partial charge in [0.2, 0.25) is 5.89 Å². The Kier molecular flexibility index (Phi) is 3.04. The van der Waals surface area contributed by atoms with Crippen molar-refractivity contribution in [1.29, 1.82) is 0 Å². The maximum atomic E-state index is 4.86. The largest absolute Gasteiger partial charge is 0.340 e. The number of nitrogens with zero attached hydrogens (tertiary/aromatic N) is 3. The highest BCUT2D eigenvalue weighted by Gasteiger charge is 2.00. The summed E-state index contributed by atoms with van der Waals surface area (Å²) in [5.41, 5.74) is 1.19. The van der Waals surface area contributed by atoms with Crippen LogP contribution in [0.25, 0.3) is 0 Å². The van der Waals surface area contributed by atoms with Gasteiger partial charge in [-0.2, -0.15) is 4.98 Å². The Bertz CT molecular complexity index is 412. The molecule has 0 unspecified atom stereocenters. The van der Waals surface area contributed by atoms with Crippen molar-refractivity contribution >= 4 is 0 Å². The molecule has 0 saturated carbocycles. The highest BCUT2D eigenvalue weighted by Crippen LogP contribution is 1.97. The van der Waals surface area contributed by atoms with Gasteiger partial charge in [-0.3, -0.25) is 4.98 Å². The monoisotopic (exact) mass is 204 g/mol. The number of rotatable bonds is 4. The molecule has 0 spiro atoms. The number of hydrogen-bond donors (Lipinski definition) is 1. The second-order valence-corrected chi connectivity index (χ2v) is 3.19. The van der Waals surface area contributed by atoms with Crippen molar-refractivity contribution in [2.45, 2.75) is 20.0 Å². The first kappa shape index (κ1) is 9.79. The maximum Gasteiger partial charge on any atom is 0.223 e. The van der Waals surface area contributed by atoms with Crippen molar-refractivity contribution in [1.82, 2.24) is 20.4 Å². The highest BCUT2D eigenvalue weighted by molar-refractivity contribution is 5.09. The normalized spacial score (nSPS) is 10.5. The van der Waals surface area contributed by atoms with Crippen molar-refractivity contribution in [3.63, 3.8) is 0 Å². The van der Waals surface area contributed by atoms with Gasteiger partial charge in [0.25, 0.3) is 0 Å². The molecule has 5 heteroatoms. The molecule has 2 rings (SSSR count). The molecule has 0 saturated heterocycles. The van der Waals surface area contributed by atoms with Gasteiger partial charge in [0.1, 0.15) is 0 Å². The van der Waals surface area contributed by atoms with E-state index in [1.54, 1.807) is 19.3 Å². The van der Waals surface area contributed by atoms with E-state index in [0.717, 1.165) is 6.54 Å². The summed E-state index contributed by atoms with van der Waals surface area (Å²) in [7, 11) is 0. The lowest BCUT2D eigenvalue weighted by Gasteiger charge is -2.00. The Morgan fingerprint density at radius 1 is 1.27 bits per heavy atom. The Balaban J connectivity index is 1.80. The average molecular weight is 204 g/mol. The molecule has 2 heterocycles. The third kappa shape index (κ3) is 2.85. The average Bonchev–Trinajstić information content (AvgIpc) is 2.66. The number of aryl methyl sites for hydroxylation is 1. The molecule has 15 heavy (non-hydrogen) atoms. The van der Waals surface area contributed by atoms with Crippen LogP contribution >= 0.6 is 0 Å². The summed E-state index contributed by atoms with van der Waals surface area (Å²) in [6.07, 6.45) is 3.55. The first-order valence-corrected chi connectivity index (χ1v) is 4.73. The highest BCUT2D eigenvalue weighted by atomic mass is 16.5. The van der Waals surface area contributed by atoms with Crippen LogP contribution in [0, 0.1) is 6.92 Å². The van der Waals surface area contributed by atoms with Crippen LogP contribution in [0.2, 0.25) is 0 Å². The number of aromatic nitrogens is 3. The van der Waals surface area contributed by atoms with Crippen LogP contribution in [0.4, 0.5) is 0 Å². The lowest BCUT2D eigenvalue weighted by Crippen LogP contribution is -2.13. The van der Waals surface area contributed by atoms with E-state index in [4.69, 9.17) is 4.52 Å². The Labute approximate surface area is 87.5 Å². The molecule has 0 bridgehead atoms. The van der Waals surface area contributed by atoms with Gasteiger partial charge in [0, 0.05) is 25.9 Å². The van der Waals surface area contributed by atoms with E-state index < -0.39 is 0 Å². The van der Waals surface area contributed by atoms with Gasteiger partial charge in [0.15, 0.2) is 5.82 Å². The molecule has 2 aromatic heterocycles. The molecule has 2 aromatic rings. The summed E-state index contributed by atoms with van der Waals surface area (Å²) in [5, 5.41) is 7.00. The van der Waals surface area contributed by atoms with E-state index in [9.17, 15) is 0 Å². The number of pyridine rings is 1. The third-order valence-electron chi connectivity index (χ3n) is 1.93. The van der Waals surface area contributed by atoms with E-state index in [1.165, 1.54) is 5.56 Å². The summed E-state index contributed by atoms with van der Waals surface area (Å²) in [5.74, 6) is 1.28. The van der Waals surface area contributed by atoms with Gasteiger partial charge in [-0.15, -0.1) is 0 Å². The van der Waals surface area contributed by atoms with Gasteiger partial charge in [0.05, 0.1) is 6.54 Å². The summed E-state index contributed by atoms with van der Waals surface area (Å²) in [6, 6.07) is 3.93. The van der Waals surface area contributed by atoms with Gasteiger partial charge in [-0.05, 0) is 17.7 Å². The van der Waals surface area contributed by atoms with E-state index in [0.29, 0.717) is 18.3 Å². The molecule has 0 aromatic carbocycles. The predicted molar refractivity (Wildman–Crippen MR) is 53.8 cm³/mol. The zero-order chi connectivity index (χ0) is 10.5. The summed E-state index contributed by atoms with van der Waals surface area (Å²) in [6.45, 7) is 3.16. The lowest BCUT2D eigenvalue weighted by atomic mass is 10.3. The molecule has 0 aliphatic heterocycles. The second-order valence-electron chi connectivity index (χ2n) is 3.19. The zero-order valence-corrected chi connectivity index (χ0v) is 8.47. The molecule has 5 nitrogen and oxygen atoms in total. The van der Waals surface area contributed by atoms with Gasteiger partial charge >= 0.3 is 0 Å². The minimum absolute atomic E-state index is 0.593. The lowest BCUT2D eigenvalue weighted by molar-refractivity contribution is 0.385. The van der Waals surface area contributed by atoms with Gasteiger partial charge in [-0.1, -0.05) is 5.16 Å². The Morgan fingerprint density at radius 3 is 2.73 bits per heavy atom. The summed E-state index contributed by atoms with van der Waals surface area (Å²) in [4.78, 5) is 8.04. The fourth-order valence-corrected chi connectivity index (χ4v) is 1.23. The first-order valence-electron chi connectivity index (χ1n) is 4.73. The predicted octanol–water partition coefficient (Wildman–Crippen LogP) is 1.06. The van der Waals surface area contributed by atoms with Crippen molar-refractivity contribution in [2.24, 2.45) is 0 Å². The smallest absolute Gasteiger partial charge is 0.223 e. The molecule has 78 valence electrons. The van der Waals surface area contributed by atoms with Crippen LogP contribution in [-0.2, 0) is 13.1 Å². The second kappa shape index (κ2) is 4.65. The minimum Gasteiger partial charge on any atom is -0.340 e. The van der Waals surface area contributed by atoms with Crippen LogP contribution in [0.15, 0.2) is 29.0 Å². The van der Waals surface area contributed by atoms with E-state index >= 15 is 0 Å². The topological polar surface area (TPSA) is 63.8 Å². The fourth-order valence-electron chi connectivity index (χ4n) is 1.23. The number of nitrogens with one attached hydrogen (secondary N) is 1. The van der Waals surface area contributed by atoms with Crippen LogP contribution < -0.4 is 5.32 Å². The van der Waals surface area contributed by atoms with Crippen molar-refractivity contribution in [3.05, 3.63) is 41.8 Å². The minimum atomic E-state index is 0.593. The van der Waals surface area contributed by atoms with Crippen LogP contribution in [0.3, 0.4) is 0 Å². The third-order valence-corrected chi connectivity index (χ3v) is 1.93. The quantitative estimate of drug-likeness (QED) is 0.806. The Hall–Kier alpha value is -1.75. The van der Waals surface area contributed by atoms with Crippen molar-refractivity contribution in [3.8, 4) is 0 Å². The fraction of sp³-hybridized carbons (Fsp3) is 0.300. The molecule has 0 radical (unpaired) electrons. The van der Waals surface area contributed by atoms with E-state index in [-0.39, 0.29) is 0 Å². The summed E-state index contributed by atoms with van der Waals surface area (Å²) >= 11 is 0. The van der Waals surface area contributed by atoms with Crippen LogP contribution in [-0.4, -0.2) is 15.1 Å². The van der Waals surface area contributed by atoms with Gasteiger partial charge < -0.3 is 9.84 Å². The molecule has 0 aliphatic carbocycles. The van der Waals surface area contributed by atoms with E-state index in [1.807, 2.05) is 12.1 Å². The molecular weight excluding hydrogens is 192 g/mol. The van der Waals surface area contributed by atoms with Crippen LogP contribution in [0.1, 0.15) is 17.3 Å². The zero-order valence-electron chi connectivity index (χ0n) is 8.47. The standard InChI is InChI=1S/C10H12N4O/c1-8-13-10(14-15-8)7-12-6-9-2-4-11-5-3-9/h2-5,12H,6-7H2,1H3. The number of hydrogen-bond acceptors (Lipinski definition) is 5. The molecule has 0 atom stereocenters. The summed E-state index contributed by atoms with van der Waals surface area (Å²) < 4.78 is 4.86. The maximum absolute atomic E-state index is 4.86. The van der Waals surface area contributed by atoms with Crippen molar-refractivity contribution in [2.75, 3.05) is 0 Å². The SMILES string of the molecule is Cc1nc(CNCc2ccncc2)no1. The van der Waals surface area contributed by atoms with E-state index in [2.05, 4.69) is 20.4 Å². The molecule has 1 N–H and O–H groups in total. The molecule has 0 aliphatic rings. The molecular formula is C10H12N4O. The molecule has 0 amide bonds. The molecule has 0 fully saturated rings. The first-order chi connectivity index (χ1) is 7.34. The Morgan fingerprint density at radius 2 is 2.07 bits per heavy atom. The van der Waals surface area contributed by atoms with Crippen LogP contribution in [0.5, 0.6) is 0 Å². The van der Waals surface area contributed by atoms with Crippen molar-refractivity contribution < 1.29 is 4.52 Å².